The molecule has 0 aromatic carbocycles. The zero-order valence-corrected chi connectivity index (χ0v) is 12.5. The minimum Gasteiger partial charge on any atom is -0.391 e. The molecule has 0 radical (unpaired) electrons. The molecule has 1 amide bonds. The van der Waals surface area contributed by atoms with E-state index in [1.807, 2.05) is 0 Å². The SMILES string of the molecule is O=C(NCC(O)C1CCCCC1)c1ccnc2ccncc12. The van der Waals surface area contributed by atoms with E-state index < -0.39 is 6.10 Å². The Kier molecular flexibility index (Phi) is 4.63. The molecule has 2 aromatic heterocycles. The van der Waals surface area contributed by atoms with Gasteiger partial charge in [-0.1, -0.05) is 19.3 Å². The molecular formula is C17H21N3O2. The van der Waals surface area contributed by atoms with E-state index in [1.165, 1.54) is 19.3 Å². The van der Waals surface area contributed by atoms with Gasteiger partial charge in [-0.25, -0.2) is 0 Å². The number of nitrogens with one attached hydrogen (secondary N) is 1. The quantitative estimate of drug-likeness (QED) is 0.908. The Hall–Kier alpha value is -2.01. The summed E-state index contributed by atoms with van der Waals surface area (Å²) in [6.45, 7) is 0.299. The van der Waals surface area contributed by atoms with Gasteiger partial charge in [0.15, 0.2) is 0 Å². The summed E-state index contributed by atoms with van der Waals surface area (Å²) in [5.41, 5.74) is 1.30. The van der Waals surface area contributed by atoms with Crippen LogP contribution in [0.1, 0.15) is 42.5 Å². The van der Waals surface area contributed by atoms with E-state index in [1.54, 1.807) is 30.7 Å². The number of pyridine rings is 2. The van der Waals surface area contributed by atoms with E-state index in [-0.39, 0.29) is 5.91 Å². The van der Waals surface area contributed by atoms with Gasteiger partial charge in [-0.3, -0.25) is 14.8 Å². The largest absolute Gasteiger partial charge is 0.391 e. The first-order chi connectivity index (χ1) is 10.8. The number of fused-ring (bicyclic) bond motifs is 1. The van der Waals surface area contributed by atoms with Crippen molar-refractivity contribution < 1.29 is 9.90 Å². The number of aliphatic hydroxyl groups is 1. The van der Waals surface area contributed by atoms with Gasteiger partial charge in [-0.05, 0) is 30.9 Å². The highest BCUT2D eigenvalue weighted by atomic mass is 16.3. The Labute approximate surface area is 129 Å². The Morgan fingerprint density at radius 1 is 1.27 bits per heavy atom. The molecule has 1 saturated carbocycles. The molecule has 1 unspecified atom stereocenters. The zero-order chi connectivity index (χ0) is 15.4. The van der Waals surface area contributed by atoms with E-state index >= 15 is 0 Å². The lowest BCUT2D eigenvalue weighted by Gasteiger charge is -2.26. The number of carbonyl (C=O) groups is 1. The van der Waals surface area contributed by atoms with Gasteiger partial charge >= 0.3 is 0 Å². The predicted octanol–water partition coefficient (Wildman–Crippen LogP) is 2.30. The molecule has 2 heterocycles. The van der Waals surface area contributed by atoms with Gasteiger partial charge in [0.25, 0.3) is 5.91 Å². The average Bonchev–Trinajstić information content (AvgIpc) is 2.59. The average molecular weight is 299 g/mol. The van der Waals surface area contributed by atoms with Crippen molar-refractivity contribution in [2.75, 3.05) is 6.54 Å². The van der Waals surface area contributed by atoms with Crippen LogP contribution in [0.3, 0.4) is 0 Å². The first-order valence-electron chi connectivity index (χ1n) is 7.90. The predicted molar refractivity (Wildman–Crippen MR) is 84.5 cm³/mol. The van der Waals surface area contributed by atoms with Crippen molar-refractivity contribution in [2.45, 2.75) is 38.2 Å². The molecule has 1 aliphatic carbocycles. The molecule has 2 N–H and O–H groups in total. The van der Waals surface area contributed by atoms with Crippen LogP contribution in [-0.2, 0) is 0 Å². The number of aliphatic hydroxyl groups excluding tert-OH is 1. The van der Waals surface area contributed by atoms with E-state index in [0.29, 0.717) is 18.0 Å². The fourth-order valence-electron chi connectivity index (χ4n) is 3.17. The molecule has 1 fully saturated rings. The lowest BCUT2D eigenvalue weighted by atomic mass is 9.85. The number of amides is 1. The highest BCUT2D eigenvalue weighted by Crippen LogP contribution is 2.26. The first-order valence-corrected chi connectivity index (χ1v) is 7.90. The van der Waals surface area contributed by atoms with Gasteiger partial charge in [0, 0.05) is 30.5 Å². The second kappa shape index (κ2) is 6.83. The van der Waals surface area contributed by atoms with Crippen LogP contribution in [0.15, 0.2) is 30.7 Å². The van der Waals surface area contributed by atoms with Crippen LogP contribution in [-0.4, -0.2) is 33.6 Å². The van der Waals surface area contributed by atoms with Crippen LogP contribution in [0, 0.1) is 5.92 Å². The fourth-order valence-corrected chi connectivity index (χ4v) is 3.17. The van der Waals surface area contributed by atoms with Crippen molar-refractivity contribution in [1.29, 1.82) is 0 Å². The number of hydrogen-bond acceptors (Lipinski definition) is 4. The maximum atomic E-state index is 12.4. The van der Waals surface area contributed by atoms with Crippen LogP contribution >= 0.6 is 0 Å². The van der Waals surface area contributed by atoms with Crippen molar-refractivity contribution in [1.82, 2.24) is 15.3 Å². The summed E-state index contributed by atoms with van der Waals surface area (Å²) in [4.78, 5) is 20.6. The maximum Gasteiger partial charge on any atom is 0.252 e. The molecule has 1 atom stereocenters. The highest BCUT2D eigenvalue weighted by molar-refractivity contribution is 6.05. The summed E-state index contributed by atoms with van der Waals surface area (Å²) in [6, 6.07) is 3.47. The number of nitrogens with zero attached hydrogens (tertiary/aromatic N) is 2. The Bertz CT molecular complexity index is 648. The summed E-state index contributed by atoms with van der Waals surface area (Å²) in [7, 11) is 0. The molecule has 0 saturated heterocycles. The summed E-state index contributed by atoms with van der Waals surface area (Å²) in [5.74, 6) is 0.125. The molecule has 3 rings (SSSR count). The van der Waals surface area contributed by atoms with E-state index in [4.69, 9.17) is 0 Å². The highest BCUT2D eigenvalue weighted by Gasteiger charge is 2.22. The van der Waals surface area contributed by atoms with Gasteiger partial charge in [0.2, 0.25) is 0 Å². The Morgan fingerprint density at radius 2 is 2.09 bits per heavy atom. The Balaban J connectivity index is 1.66. The summed E-state index contributed by atoms with van der Waals surface area (Å²) in [5, 5.41) is 13.8. The molecule has 0 aliphatic heterocycles. The molecule has 5 heteroatoms. The van der Waals surface area contributed by atoms with Gasteiger partial charge in [0.05, 0.1) is 17.2 Å². The van der Waals surface area contributed by atoms with Crippen molar-refractivity contribution in [3.63, 3.8) is 0 Å². The fraction of sp³-hybridized carbons (Fsp3) is 0.471. The van der Waals surface area contributed by atoms with Gasteiger partial charge in [-0.2, -0.15) is 0 Å². The summed E-state index contributed by atoms with van der Waals surface area (Å²) < 4.78 is 0. The molecule has 5 nitrogen and oxygen atoms in total. The molecule has 22 heavy (non-hydrogen) atoms. The van der Waals surface area contributed by atoms with Crippen LogP contribution < -0.4 is 5.32 Å². The van der Waals surface area contributed by atoms with Crippen molar-refractivity contribution in [2.24, 2.45) is 5.92 Å². The number of aromatic nitrogens is 2. The van der Waals surface area contributed by atoms with Crippen molar-refractivity contribution in [3.05, 3.63) is 36.3 Å². The standard InChI is InChI=1S/C17H21N3O2/c21-16(12-4-2-1-3-5-12)11-20-17(22)13-6-9-19-15-7-8-18-10-14(13)15/h6-10,12,16,21H,1-5,11H2,(H,20,22). The van der Waals surface area contributed by atoms with Gasteiger partial charge in [0.1, 0.15) is 0 Å². The minimum absolute atomic E-state index is 0.185. The topological polar surface area (TPSA) is 75.1 Å². The Morgan fingerprint density at radius 3 is 2.91 bits per heavy atom. The number of carbonyl (C=O) groups excluding carboxylic acids is 1. The van der Waals surface area contributed by atoms with Crippen LogP contribution in [0.25, 0.3) is 10.9 Å². The van der Waals surface area contributed by atoms with Gasteiger partial charge in [-0.15, -0.1) is 0 Å². The third-order valence-electron chi connectivity index (χ3n) is 4.45. The lowest BCUT2D eigenvalue weighted by Crippen LogP contribution is -2.37. The van der Waals surface area contributed by atoms with E-state index in [2.05, 4.69) is 15.3 Å². The molecular weight excluding hydrogens is 278 g/mol. The normalized spacial score (nSPS) is 17.3. The van der Waals surface area contributed by atoms with Crippen molar-refractivity contribution in [3.8, 4) is 0 Å². The molecule has 0 spiro atoms. The smallest absolute Gasteiger partial charge is 0.252 e. The van der Waals surface area contributed by atoms with Crippen LogP contribution in [0.2, 0.25) is 0 Å². The van der Waals surface area contributed by atoms with Crippen molar-refractivity contribution >= 4 is 16.8 Å². The summed E-state index contributed by atoms with van der Waals surface area (Å²) in [6.07, 6.45) is 10.2. The molecule has 2 aromatic rings. The summed E-state index contributed by atoms with van der Waals surface area (Å²) >= 11 is 0. The number of hydrogen-bond donors (Lipinski definition) is 2. The lowest BCUT2D eigenvalue weighted by molar-refractivity contribution is 0.0739. The molecule has 116 valence electrons. The monoisotopic (exact) mass is 299 g/mol. The third kappa shape index (κ3) is 3.25. The van der Waals surface area contributed by atoms with E-state index in [9.17, 15) is 9.90 Å². The molecule has 1 aliphatic rings. The number of rotatable bonds is 4. The van der Waals surface area contributed by atoms with Gasteiger partial charge < -0.3 is 10.4 Å². The zero-order valence-electron chi connectivity index (χ0n) is 12.5. The first kappa shape index (κ1) is 14.9. The second-order valence-electron chi connectivity index (χ2n) is 5.93. The van der Waals surface area contributed by atoms with Crippen LogP contribution in [0.5, 0.6) is 0 Å². The van der Waals surface area contributed by atoms with E-state index in [0.717, 1.165) is 23.7 Å². The van der Waals surface area contributed by atoms with Crippen LogP contribution in [0.4, 0.5) is 0 Å². The molecule has 0 bridgehead atoms. The maximum absolute atomic E-state index is 12.4. The minimum atomic E-state index is -0.463. The second-order valence-corrected chi connectivity index (χ2v) is 5.93. The third-order valence-corrected chi connectivity index (χ3v) is 4.45.